The molecule has 0 aromatic heterocycles. The van der Waals surface area contributed by atoms with Crippen molar-refractivity contribution in [2.24, 2.45) is 5.73 Å². The Morgan fingerprint density at radius 1 is 1.29 bits per heavy atom. The fraction of sp³-hybridized carbons (Fsp3) is 0.917. The van der Waals surface area contributed by atoms with E-state index in [2.05, 4.69) is 5.32 Å². The van der Waals surface area contributed by atoms with Gasteiger partial charge in [-0.1, -0.05) is 0 Å². The number of hydrogen-bond donors (Lipinski definition) is 2. The third-order valence-corrected chi connectivity index (χ3v) is 6.66. The van der Waals surface area contributed by atoms with Gasteiger partial charge >= 0.3 is 0 Å². The summed E-state index contributed by atoms with van der Waals surface area (Å²) in [6.07, 6.45) is 0.934. The molecule has 0 spiro atoms. The zero-order valence-corrected chi connectivity index (χ0v) is 13.7. The molecular formula is C12H23N3O4S2. The average molecular weight is 337 g/mol. The molecule has 9 heteroatoms. The van der Waals surface area contributed by atoms with Crippen molar-refractivity contribution in [3.63, 3.8) is 0 Å². The minimum absolute atomic E-state index is 0.0734. The molecule has 0 unspecified atom stereocenters. The van der Waals surface area contributed by atoms with Crippen LogP contribution in [0.3, 0.4) is 0 Å². The number of rotatable bonds is 5. The lowest BCUT2D eigenvalue weighted by molar-refractivity contribution is -0.129. The second-order valence-electron chi connectivity index (χ2n) is 5.35. The van der Waals surface area contributed by atoms with Crippen LogP contribution in [0.15, 0.2) is 0 Å². The number of nitrogens with two attached hydrogens (primary N) is 1. The van der Waals surface area contributed by atoms with Crippen molar-refractivity contribution in [2.45, 2.75) is 18.4 Å². The Kier molecular flexibility index (Phi) is 5.89. The molecule has 0 bridgehead atoms. The third kappa shape index (κ3) is 4.56. The highest BCUT2D eigenvalue weighted by Gasteiger charge is 2.36. The van der Waals surface area contributed by atoms with Gasteiger partial charge in [-0.2, -0.15) is 11.8 Å². The third-order valence-electron chi connectivity index (χ3n) is 3.85. The molecule has 2 fully saturated rings. The Labute approximate surface area is 130 Å². The van der Waals surface area contributed by atoms with Crippen LogP contribution < -0.4 is 11.1 Å². The molecule has 122 valence electrons. The van der Waals surface area contributed by atoms with E-state index in [1.54, 1.807) is 11.8 Å². The predicted molar refractivity (Wildman–Crippen MR) is 82.7 cm³/mol. The fourth-order valence-corrected chi connectivity index (χ4v) is 4.88. The largest absolute Gasteiger partial charge is 0.381 e. The number of nitrogens with zero attached hydrogens (tertiary/aromatic N) is 1. The zero-order chi connectivity index (χ0) is 15.3. The molecule has 21 heavy (non-hydrogen) atoms. The van der Waals surface area contributed by atoms with Crippen LogP contribution in [0.25, 0.3) is 0 Å². The minimum Gasteiger partial charge on any atom is -0.381 e. The summed E-state index contributed by atoms with van der Waals surface area (Å²) in [5.41, 5.74) is 5.11. The summed E-state index contributed by atoms with van der Waals surface area (Å²) in [6.45, 7) is 2.14. The summed E-state index contributed by atoms with van der Waals surface area (Å²) < 4.78 is 31.0. The van der Waals surface area contributed by atoms with Gasteiger partial charge in [-0.05, 0) is 12.8 Å². The Hall–Kier alpha value is -0.350. The first-order valence-corrected chi connectivity index (χ1v) is 9.91. The molecule has 0 aliphatic carbocycles. The fourth-order valence-electron chi connectivity index (χ4n) is 2.39. The van der Waals surface area contributed by atoms with Gasteiger partial charge in [0.15, 0.2) is 0 Å². The monoisotopic (exact) mass is 337 g/mol. The highest BCUT2D eigenvalue weighted by Crippen LogP contribution is 2.17. The maximum Gasteiger partial charge on any atom is 0.240 e. The maximum atomic E-state index is 12.1. The first-order chi connectivity index (χ1) is 9.94. The summed E-state index contributed by atoms with van der Waals surface area (Å²) in [5.74, 6) is 1.31. The lowest BCUT2D eigenvalue weighted by Gasteiger charge is -2.32. The van der Waals surface area contributed by atoms with Gasteiger partial charge in [0.05, 0.1) is 11.3 Å². The van der Waals surface area contributed by atoms with Crippen molar-refractivity contribution in [3.05, 3.63) is 0 Å². The number of sulfonamides is 1. The first kappa shape index (κ1) is 17.0. The van der Waals surface area contributed by atoms with E-state index in [4.69, 9.17) is 10.5 Å². The Balaban J connectivity index is 1.79. The molecule has 2 aliphatic heterocycles. The van der Waals surface area contributed by atoms with E-state index in [0.717, 1.165) is 11.5 Å². The Bertz CT molecular complexity index is 457. The highest BCUT2D eigenvalue weighted by molar-refractivity contribution is 7.99. The summed E-state index contributed by atoms with van der Waals surface area (Å²) >= 11 is 1.76. The lowest BCUT2D eigenvalue weighted by Crippen LogP contribution is -2.57. The van der Waals surface area contributed by atoms with Crippen LogP contribution in [-0.2, 0) is 19.6 Å². The average Bonchev–Trinajstić information content (AvgIpc) is 2.48. The van der Waals surface area contributed by atoms with E-state index in [0.29, 0.717) is 39.1 Å². The molecule has 0 aromatic rings. The van der Waals surface area contributed by atoms with Gasteiger partial charge in [0, 0.05) is 44.4 Å². The van der Waals surface area contributed by atoms with Crippen molar-refractivity contribution in [1.29, 1.82) is 0 Å². The molecule has 7 nitrogen and oxygen atoms in total. The molecule has 0 atom stereocenters. The van der Waals surface area contributed by atoms with Crippen molar-refractivity contribution >= 4 is 27.7 Å². The molecule has 2 heterocycles. The van der Waals surface area contributed by atoms with Gasteiger partial charge < -0.3 is 15.8 Å². The second kappa shape index (κ2) is 7.28. The standard InChI is InChI=1S/C12H23N3O4S2/c13-12(1-6-19-7-2-12)11(16)14-3-10-21(17,18)15-4-8-20-9-5-15/h1-10,13H2,(H,14,16). The van der Waals surface area contributed by atoms with Crippen LogP contribution in [0.1, 0.15) is 12.8 Å². The normalized spacial score (nSPS) is 23.7. The van der Waals surface area contributed by atoms with Gasteiger partial charge in [-0.25, -0.2) is 12.7 Å². The van der Waals surface area contributed by atoms with Crippen LogP contribution >= 0.6 is 11.8 Å². The number of nitrogens with one attached hydrogen (secondary N) is 1. The maximum absolute atomic E-state index is 12.1. The van der Waals surface area contributed by atoms with E-state index in [9.17, 15) is 13.2 Å². The lowest BCUT2D eigenvalue weighted by atomic mass is 9.90. The number of thioether (sulfide) groups is 1. The van der Waals surface area contributed by atoms with Crippen LogP contribution in [0, 0.1) is 0 Å². The summed E-state index contributed by atoms with van der Waals surface area (Å²) in [4.78, 5) is 12.1. The summed E-state index contributed by atoms with van der Waals surface area (Å²) in [5, 5.41) is 2.66. The molecule has 0 saturated carbocycles. The number of carbonyl (C=O) groups is 1. The quantitative estimate of drug-likeness (QED) is 0.666. The minimum atomic E-state index is -3.29. The molecular weight excluding hydrogens is 314 g/mol. The van der Waals surface area contributed by atoms with E-state index < -0.39 is 15.6 Å². The zero-order valence-electron chi connectivity index (χ0n) is 12.0. The smallest absolute Gasteiger partial charge is 0.240 e. The van der Waals surface area contributed by atoms with Gasteiger partial charge in [-0.3, -0.25) is 4.79 Å². The molecule has 2 saturated heterocycles. The van der Waals surface area contributed by atoms with Gasteiger partial charge in [0.25, 0.3) is 0 Å². The number of carbonyl (C=O) groups excluding carboxylic acids is 1. The summed E-state index contributed by atoms with van der Waals surface area (Å²) in [6, 6.07) is 0. The number of amides is 1. The van der Waals surface area contributed by atoms with Gasteiger partial charge in [0.1, 0.15) is 0 Å². The SMILES string of the molecule is NC1(C(=O)NCCS(=O)(=O)N2CCSCC2)CCOCC1. The van der Waals surface area contributed by atoms with Crippen LogP contribution in [0.2, 0.25) is 0 Å². The Morgan fingerprint density at radius 3 is 2.52 bits per heavy atom. The topological polar surface area (TPSA) is 102 Å². The van der Waals surface area contributed by atoms with Crippen LogP contribution in [0.5, 0.6) is 0 Å². The van der Waals surface area contributed by atoms with Gasteiger partial charge in [-0.15, -0.1) is 0 Å². The number of hydrogen-bond acceptors (Lipinski definition) is 6. The van der Waals surface area contributed by atoms with Crippen molar-refractivity contribution in [2.75, 3.05) is 50.1 Å². The number of ether oxygens (including phenoxy) is 1. The predicted octanol–water partition coefficient (Wildman–Crippen LogP) is -1.01. The van der Waals surface area contributed by atoms with Crippen LogP contribution in [-0.4, -0.2) is 74.3 Å². The highest BCUT2D eigenvalue weighted by atomic mass is 32.2. The van der Waals surface area contributed by atoms with E-state index in [1.807, 2.05) is 0 Å². The van der Waals surface area contributed by atoms with Crippen molar-refractivity contribution in [3.8, 4) is 0 Å². The molecule has 2 aliphatic rings. The molecule has 0 radical (unpaired) electrons. The van der Waals surface area contributed by atoms with Crippen molar-refractivity contribution < 1.29 is 17.9 Å². The molecule has 1 amide bonds. The van der Waals surface area contributed by atoms with Crippen LogP contribution in [0.4, 0.5) is 0 Å². The van der Waals surface area contributed by atoms with E-state index in [1.165, 1.54) is 4.31 Å². The Morgan fingerprint density at radius 2 is 1.90 bits per heavy atom. The molecule has 2 rings (SSSR count). The second-order valence-corrected chi connectivity index (χ2v) is 8.67. The van der Waals surface area contributed by atoms with Crippen molar-refractivity contribution in [1.82, 2.24) is 9.62 Å². The molecule has 0 aromatic carbocycles. The van der Waals surface area contributed by atoms with E-state index >= 15 is 0 Å². The van der Waals surface area contributed by atoms with E-state index in [-0.39, 0.29) is 18.2 Å². The molecule has 3 N–H and O–H groups in total. The summed E-state index contributed by atoms with van der Waals surface area (Å²) in [7, 11) is -3.29. The first-order valence-electron chi connectivity index (χ1n) is 7.15. The van der Waals surface area contributed by atoms with Gasteiger partial charge in [0.2, 0.25) is 15.9 Å².